The van der Waals surface area contributed by atoms with Gasteiger partial charge in [0.05, 0.1) is 5.69 Å². The molecule has 0 spiro atoms. The van der Waals surface area contributed by atoms with Crippen molar-refractivity contribution in [3.05, 3.63) is 44.9 Å². The van der Waals surface area contributed by atoms with Crippen molar-refractivity contribution in [1.29, 1.82) is 0 Å². The molecular weight excluding hydrogens is 335 g/mol. The summed E-state index contributed by atoms with van der Waals surface area (Å²) in [6.07, 6.45) is 0. The molecular formula is C13H14ClFN2O2S2. The van der Waals surface area contributed by atoms with Crippen molar-refractivity contribution in [2.24, 2.45) is 0 Å². The van der Waals surface area contributed by atoms with Gasteiger partial charge < -0.3 is 5.32 Å². The SMILES string of the molecule is CNCc1scc(C)c1S(=O)(=O)Nc1cc(Cl)ccc1F. The van der Waals surface area contributed by atoms with E-state index in [1.807, 2.05) is 0 Å². The summed E-state index contributed by atoms with van der Waals surface area (Å²) >= 11 is 7.12. The van der Waals surface area contributed by atoms with Crippen LogP contribution in [0.3, 0.4) is 0 Å². The van der Waals surface area contributed by atoms with Gasteiger partial charge in [0.25, 0.3) is 10.0 Å². The van der Waals surface area contributed by atoms with Gasteiger partial charge in [-0.05, 0) is 43.1 Å². The maximum Gasteiger partial charge on any atom is 0.263 e. The molecule has 0 saturated carbocycles. The van der Waals surface area contributed by atoms with Gasteiger partial charge in [0.2, 0.25) is 0 Å². The zero-order valence-electron chi connectivity index (χ0n) is 11.4. The van der Waals surface area contributed by atoms with E-state index >= 15 is 0 Å². The van der Waals surface area contributed by atoms with Crippen LogP contribution in [0.2, 0.25) is 5.02 Å². The highest BCUT2D eigenvalue weighted by Gasteiger charge is 2.24. The number of rotatable bonds is 5. The summed E-state index contributed by atoms with van der Waals surface area (Å²) in [4.78, 5) is 0.853. The molecule has 114 valence electrons. The van der Waals surface area contributed by atoms with Gasteiger partial charge >= 0.3 is 0 Å². The van der Waals surface area contributed by atoms with Crippen LogP contribution in [0.1, 0.15) is 10.4 Å². The van der Waals surface area contributed by atoms with Crippen LogP contribution in [0.5, 0.6) is 0 Å². The molecule has 0 atom stereocenters. The van der Waals surface area contributed by atoms with Crippen LogP contribution >= 0.6 is 22.9 Å². The Bertz CT molecular complexity index is 760. The number of halogens is 2. The number of nitrogens with one attached hydrogen (secondary N) is 2. The fraction of sp³-hybridized carbons (Fsp3) is 0.231. The van der Waals surface area contributed by atoms with E-state index in [2.05, 4.69) is 10.0 Å². The van der Waals surface area contributed by atoms with E-state index in [0.717, 1.165) is 6.07 Å². The van der Waals surface area contributed by atoms with Crippen molar-refractivity contribution in [2.75, 3.05) is 11.8 Å². The fourth-order valence-corrected chi connectivity index (χ4v) is 4.96. The second-order valence-electron chi connectivity index (χ2n) is 4.43. The molecule has 1 aromatic heterocycles. The van der Waals surface area contributed by atoms with E-state index in [1.165, 1.54) is 23.5 Å². The summed E-state index contributed by atoms with van der Waals surface area (Å²) < 4.78 is 41.0. The first kappa shape index (κ1) is 16.2. The van der Waals surface area contributed by atoms with Gasteiger partial charge in [0.15, 0.2) is 0 Å². The topological polar surface area (TPSA) is 58.2 Å². The zero-order valence-corrected chi connectivity index (χ0v) is 13.8. The molecule has 1 heterocycles. The van der Waals surface area contributed by atoms with Crippen LogP contribution in [0, 0.1) is 12.7 Å². The largest absolute Gasteiger partial charge is 0.315 e. The first-order valence-corrected chi connectivity index (χ1v) is 8.78. The third-order valence-corrected chi connectivity index (χ3v) is 5.83. The number of hydrogen-bond acceptors (Lipinski definition) is 4. The second-order valence-corrected chi connectivity index (χ2v) is 7.45. The Balaban J connectivity index is 2.43. The maximum absolute atomic E-state index is 13.7. The molecule has 0 aliphatic rings. The van der Waals surface area contributed by atoms with Crippen LogP contribution < -0.4 is 10.0 Å². The van der Waals surface area contributed by atoms with Gasteiger partial charge in [-0.25, -0.2) is 12.8 Å². The molecule has 0 amide bonds. The summed E-state index contributed by atoms with van der Waals surface area (Å²) in [5, 5.41) is 4.93. The lowest BCUT2D eigenvalue weighted by molar-refractivity contribution is 0.597. The lowest BCUT2D eigenvalue weighted by Gasteiger charge is -2.11. The van der Waals surface area contributed by atoms with Crippen molar-refractivity contribution in [2.45, 2.75) is 18.4 Å². The van der Waals surface area contributed by atoms with Gasteiger partial charge in [0.1, 0.15) is 10.7 Å². The van der Waals surface area contributed by atoms with E-state index in [1.54, 1.807) is 19.4 Å². The van der Waals surface area contributed by atoms with Crippen molar-refractivity contribution >= 4 is 38.6 Å². The summed E-state index contributed by atoms with van der Waals surface area (Å²) in [7, 11) is -2.14. The minimum absolute atomic E-state index is 0.163. The van der Waals surface area contributed by atoms with E-state index in [4.69, 9.17) is 11.6 Å². The van der Waals surface area contributed by atoms with Crippen LogP contribution in [0.15, 0.2) is 28.5 Å². The van der Waals surface area contributed by atoms with E-state index in [9.17, 15) is 12.8 Å². The molecule has 0 fully saturated rings. The Morgan fingerprint density at radius 3 is 2.76 bits per heavy atom. The van der Waals surface area contributed by atoms with Crippen LogP contribution in [0.25, 0.3) is 0 Å². The lowest BCUT2D eigenvalue weighted by Crippen LogP contribution is -2.17. The Labute approximate surface area is 132 Å². The van der Waals surface area contributed by atoms with E-state index < -0.39 is 15.8 Å². The molecule has 0 bridgehead atoms. The predicted octanol–water partition coefficient (Wildman–Crippen LogP) is 3.37. The van der Waals surface area contributed by atoms with Crippen LogP contribution in [-0.4, -0.2) is 15.5 Å². The van der Waals surface area contributed by atoms with Crippen molar-refractivity contribution in [3.63, 3.8) is 0 Å². The molecule has 0 radical (unpaired) electrons. The predicted molar refractivity (Wildman–Crippen MR) is 84.0 cm³/mol. The monoisotopic (exact) mass is 348 g/mol. The molecule has 1 aromatic carbocycles. The molecule has 8 heteroatoms. The number of hydrogen-bond donors (Lipinski definition) is 2. The van der Waals surface area contributed by atoms with Gasteiger partial charge in [-0.2, -0.15) is 0 Å². The van der Waals surface area contributed by atoms with Gasteiger partial charge in [-0.1, -0.05) is 11.6 Å². The van der Waals surface area contributed by atoms with Gasteiger partial charge in [-0.15, -0.1) is 11.3 Å². The highest BCUT2D eigenvalue weighted by atomic mass is 35.5. The Morgan fingerprint density at radius 2 is 2.10 bits per heavy atom. The maximum atomic E-state index is 13.7. The molecule has 0 unspecified atom stereocenters. The number of thiophene rings is 1. The molecule has 0 saturated heterocycles. The molecule has 21 heavy (non-hydrogen) atoms. The molecule has 4 nitrogen and oxygen atoms in total. The Hall–Kier alpha value is -1.15. The number of sulfonamides is 1. The average Bonchev–Trinajstić information content (AvgIpc) is 2.76. The highest BCUT2D eigenvalue weighted by molar-refractivity contribution is 7.93. The van der Waals surface area contributed by atoms with Crippen molar-refractivity contribution in [1.82, 2.24) is 5.32 Å². The quantitative estimate of drug-likeness (QED) is 0.871. The smallest absolute Gasteiger partial charge is 0.263 e. The van der Waals surface area contributed by atoms with Crippen molar-refractivity contribution in [3.8, 4) is 0 Å². The molecule has 2 rings (SSSR count). The standard InChI is InChI=1S/C13H14ClFN2O2S2/c1-8-7-20-12(6-16-2)13(8)21(18,19)17-11-5-9(14)3-4-10(11)15/h3-5,7,16-17H,6H2,1-2H3. The van der Waals surface area contributed by atoms with E-state index in [-0.39, 0.29) is 15.6 Å². The van der Waals surface area contributed by atoms with Crippen LogP contribution in [-0.2, 0) is 16.6 Å². The minimum atomic E-state index is -3.87. The molecule has 0 aliphatic heterocycles. The second kappa shape index (κ2) is 6.31. The third-order valence-electron chi connectivity index (χ3n) is 2.77. The number of aryl methyl sites for hydroxylation is 1. The molecule has 2 N–H and O–H groups in total. The minimum Gasteiger partial charge on any atom is -0.315 e. The highest BCUT2D eigenvalue weighted by Crippen LogP contribution is 2.30. The summed E-state index contributed by atoms with van der Waals surface area (Å²) in [6, 6.07) is 3.72. The van der Waals surface area contributed by atoms with Gasteiger partial charge in [-0.3, -0.25) is 4.72 Å². The van der Waals surface area contributed by atoms with Crippen molar-refractivity contribution < 1.29 is 12.8 Å². The Morgan fingerprint density at radius 1 is 1.38 bits per heavy atom. The fourth-order valence-electron chi connectivity index (χ4n) is 1.90. The first-order valence-electron chi connectivity index (χ1n) is 6.04. The summed E-state index contributed by atoms with van der Waals surface area (Å²) in [5.74, 6) is -0.675. The number of benzene rings is 1. The zero-order chi connectivity index (χ0) is 15.6. The average molecular weight is 349 g/mol. The molecule has 2 aromatic rings. The number of anilines is 1. The normalized spacial score (nSPS) is 11.6. The third kappa shape index (κ3) is 3.55. The van der Waals surface area contributed by atoms with Gasteiger partial charge in [0, 0.05) is 16.4 Å². The van der Waals surface area contributed by atoms with Crippen LogP contribution in [0.4, 0.5) is 10.1 Å². The first-order chi connectivity index (χ1) is 9.85. The molecule has 0 aliphatic carbocycles. The summed E-state index contributed by atoms with van der Waals surface area (Å²) in [6.45, 7) is 2.13. The lowest BCUT2D eigenvalue weighted by atomic mass is 10.3. The summed E-state index contributed by atoms with van der Waals surface area (Å²) in [5.41, 5.74) is 0.462. The van der Waals surface area contributed by atoms with E-state index in [0.29, 0.717) is 17.0 Å². The Kier molecular flexibility index (Phi) is 4.88.